The predicted molar refractivity (Wildman–Crippen MR) is 89.3 cm³/mol. The lowest BCUT2D eigenvalue weighted by Crippen LogP contribution is -2.32. The Labute approximate surface area is 141 Å². The third kappa shape index (κ3) is 4.45. The van der Waals surface area contributed by atoms with Crippen LogP contribution < -0.4 is 5.32 Å². The molecule has 1 aromatic rings. The Morgan fingerprint density at radius 1 is 1.33 bits per heavy atom. The molecule has 1 aliphatic heterocycles. The number of amides is 1. The van der Waals surface area contributed by atoms with E-state index in [1.165, 1.54) is 30.4 Å². The number of thioether (sulfide) groups is 2. The van der Waals surface area contributed by atoms with Crippen LogP contribution in [0.5, 0.6) is 0 Å². The third-order valence-corrected chi connectivity index (χ3v) is 6.45. The highest BCUT2D eigenvalue weighted by Gasteiger charge is 2.29. The summed E-state index contributed by atoms with van der Waals surface area (Å²) in [6.07, 6.45) is -0.894. The van der Waals surface area contributed by atoms with E-state index in [9.17, 15) is 9.59 Å². The van der Waals surface area contributed by atoms with E-state index in [2.05, 4.69) is 5.32 Å². The number of hydrogen-bond acceptors (Lipinski definition) is 5. The molecule has 0 radical (unpaired) electrons. The Kier molecular flexibility index (Phi) is 6.10. The van der Waals surface area contributed by atoms with Crippen LogP contribution in [0, 0.1) is 0 Å². The van der Waals surface area contributed by atoms with Crippen LogP contribution in [-0.4, -0.2) is 34.1 Å². The van der Waals surface area contributed by atoms with Crippen molar-refractivity contribution < 1.29 is 14.3 Å². The van der Waals surface area contributed by atoms with Crippen molar-refractivity contribution in [3.63, 3.8) is 0 Å². The summed E-state index contributed by atoms with van der Waals surface area (Å²) in [6, 6.07) is 4.92. The van der Waals surface area contributed by atoms with Crippen molar-refractivity contribution in [3.8, 4) is 0 Å². The molecule has 1 N–H and O–H groups in total. The molecular weight excluding hydrogens is 353 g/mol. The minimum atomic E-state index is -0.894. The summed E-state index contributed by atoms with van der Waals surface area (Å²) in [5.74, 6) is 1.02. The lowest BCUT2D eigenvalue weighted by molar-refractivity contribution is -0.151. The van der Waals surface area contributed by atoms with Gasteiger partial charge in [0.25, 0.3) is 5.91 Å². The Balaban J connectivity index is 1.93. The first kappa shape index (κ1) is 16.8. The van der Waals surface area contributed by atoms with Gasteiger partial charge in [0.15, 0.2) is 6.10 Å². The fraction of sp³-hybridized carbons (Fsp3) is 0.385. The molecule has 8 heteroatoms. The van der Waals surface area contributed by atoms with Crippen LogP contribution in [0.2, 0.25) is 10.0 Å². The molecule has 114 valence electrons. The molecule has 2 rings (SSSR count). The summed E-state index contributed by atoms with van der Waals surface area (Å²) in [6.45, 7) is 1.52. The highest BCUT2D eigenvalue weighted by molar-refractivity contribution is 8.21. The number of halogens is 2. The van der Waals surface area contributed by atoms with E-state index < -0.39 is 12.0 Å². The minimum Gasteiger partial charge on any atom is -0.451 e. The Morgan fingerprint density at radius 3 is 2.67 bits per heavy atom. The Morgan fingerprint density at radius 2 is 2.00 bits per heavy atom. The van der Waals surface area contributed by atoms with Gasteiger partial charge in [-0.3, -0.25) is 4.79 Å². The van der Waals surface area contributed by atoms with Gasteiger partial charge in [-0.1, -0.05) is 29.3 Å². The second kappa shape index (κ2) is 7.63. The molecule has 1 amide bonds. The van der Waals surface area contributed by atoms with Crippen LogP contribution in [0.25, 0.3) is 0 Å². The number of rotatable bonds is 4. The fourth-order valence-corrected chi connectivity index (χ4v) is 4.50. The zero-order chi connectivity index (χ0) is 15.4. The van der Waals surface area contributed by atoms with Crippen molar-refractivity contribution in [2.24, 2.45) is 0 Å². The van der Waals surface area contributed by atoms with Crippen molar-refractivity contribution in [1.29, 1.82) is 0 Å². The topological polar surface area (TPSA) is 55.4 Å². The largest absolute Gasteiger partial charge is 0.451 e. The first-order valence-electron chi connectivity index (χ1n) is 6.17. The zero-order valence-electron chi connectivity index (χ0n) is 11.1. The van der Waals surface area contributed by atoms with E-state index in [0.717, 1.165) is 11.5 Å². The molecule has 1 heterocycles. The van der Waals surface area contributed by atoms with E-state index in [4.69, 9.17) is 27.9 Å². The Hall–Kier alpha value is -0.560. The Bertz CT molecular complexity index is 550. The SMILES string of the molecule is C[C@H](OC(=O)C1SCCS1)C(=O)Nc1cccc(Cl)c1Cl. The molecule has 0 saturated carbocycles. The second-order valence-corrected chi connectivity index (χ2v) is 7.75. The van der Waals surface area contributed by atoms with Gasteiger partial charge in [-0.05, 0) is 19.1 Å². The number of anilines is 1. The van der Waals surface area contributed by atoms with Crippen LogP contribution in [-0.2, 0) is 14.3 Å². The lowest BCUT2D eigenvalue weighted by atomic mass is 10.3. The van der Waals surface area contributed by atoms with E-state index in [-0.39, 0.29) is 15.6 Å². The molecule has 1 aromatic carbocycles. The maximum atomic E-state index is 12.0. The molecule has 0 bridgehead atoms. The van der Waals surface area contributed by atoms with Gasteiger partial charge in [0.1, 0.15) is 4.58 Å². The van der Waals surface area contributed by atoms with Crippen molar-refractivity contribution in [3.05, 3.63) is 28.2 Å². The summed E-state index contributed by atoms with van der Waals surface area (Å²) in [4.78, 5) is 23.9. The van der Waals surface area contributed by atoms with Crippen molar-refractivity contribution in [1.82, 2.24) is 0 Å². The molecule has 1 atom stereocenters. The number of hydrogen-bond donors (Lipinski definition) is 1. The molecule has 0 aliphatic carbocycles. The number of esters is 1. The maximum Gasteiger partial charge on any atom is 0.330 e. The molecule has 0 spiro atoms. The van der Waals surface area contributed by atoms with Crippen molar-refractivity contribution in [2.45, 2.75) is 17.6 Å². The number of ether oxygens (including phenoxy) is 1. The summed E-state index contributed by atoms with van der Waals surface area (Å²) in [5, 5.41) is 3.20. The second-order valence-electron chi connectivity index (χ2n) is 4.24. The van der Waals surface area contributed by atoms with E-state index >= 15 is 0 Å². The maximum absolute atomic E-state index is 12.0. The smallest absolute Gasteiger partial charge is 0.330 e. The van der Waals surface area contributed by atoms with Crippen molar-refractivity contribution in [2.75, 3.05) is 16.8 Å². The van der Waals surface area contributed by atoms with Gasteiger partial charge in [-0.2, -0.15) is 0 Å². The van der Waals surface area contributed by atoms with Gasteiger partial charge in [0, 0.05) is 11.5 Å². The third-order valence-electron chi connectivity index (χ3n) is 2.69. The van der Waals surface area contributed by atoms with Gasteiger partial charge in [0.05, 0.1) is 15.7 Å². The van der Waals surface area contributed by atoms with Gasteiger partial charge in [0.2, 0.25) is 0 Å². The molecule has 4 nitrogen and oxygen atoms in total. The standard InChI is InChI=1S/C13H13Cl2NO3S2/c1-7(19-12(18)13-20-5-6-21-13)11(17)16-9-4-2-3-8(14)10(9)15/h2-4,7,13H,5-6H2,1H3,(H,16,17)/t7-/m0/s1. The van der Waals surface area contributed by atoms with Crippen LogP contribution in [0.1, 0.15) is 6.92 Å². The molecule has 0 unspecified atom stereocenters. The molecule has 21 heavy (non-hydrogen) atoms. The molecule has 0 aromatic heterocycles. The van der Waals surface area contributed by atoms with Gasteiger partial charge in [-0.15, -0.1) is 23.5 Å². The summed E-state index contributed by atoms with van der Waals surface area (Å²) in [5.41, 5.74) is 0.390. The van der Waals surface area contributed by atoms with E-state index in [1.807, 2.05) is 0 Å². The number of nitrogens with one attached hydrogen (secondary N) is 1. The highest BCUT2D eigenvalue weighted by atomic mass is 35.5. The van der Waals surface area contributed by atoms with E-state index in [1.54, 1.807) is 18.2 Å². The minimum absolute atomic E-state index is 0.241. The number of carbonyl (C=O) groups is 2. The molecular formula is C13H13Cl2NO3S2. The van der Waals surface area contributed by atoms with E-state index in [0.29, 0.717) is 10.7 Å². The molecule has 1 fully saturated rings. The lowest BCUT2D eigenvalue weighted by Gasteiger charge is -2.16. The monoisotopic (exact) mass is 365 g/mol. The molecule has 1 aliphatic rings. The zero-order valence-corrected chi connectivity index (χ0v) is 14.2. The average molecular weight is 366 g/mol. The highest BCUT2D eigenvalue weighted by Crippen LogP contribution is 2.33. The normalized spacial score (nSPS) is 16.5. The van der Waals surface area contributed by atoms with Gasteiger partial charge >= 0.3 is 5.97 Å². The summed E-state index contributed by atoms with van der Waals surface area (Å²) < 4.78 is 4.93. The first-order chi connectivity index (χ1) is 9.99. The number of carbonyl (C=O) groups excluding carboxylic acids is 2. The predicted octanol–water partition coefficient (Wildman–Crippen LogP) is 3.67. The van der Waals surface area contributed by atoms with Crippen LogP contribution in [0.15, 0.2) is 18.2 Å². The van der Waals surface area contributed by atoms with Crippen LogP contribution >= 0.6 is 46.7 Å². The van der Waals surface area contributed by atoms with Crippen LogP contribution in [0.3, 0.4) is 0 Å². The van der Waals surface area contributed by atoms with Crippen molar-refractivity contribution >= 4 is 64.3 Å². The average Bonchev–Trinajstić information content (AvgIpc) is 2.98. The first-order valence-corrected chi connectivity index (χ1v) is 9.03. The molecule has 1 saturated heterocycles. The van der Waals surface area contributed by atoms with Gasteiger partial charge in [-0.25, -0.2) is 4.79 Å². The summed E-state index contributed by atoms with van der Waals surface area (Å²) in [7, 11) is 0. The number of benzene rings is 1. The quantitative estimate of drug-likeness (QED) is 0.824. The van der Waals surface area contributed by atoms with Gasteiger partial charge < -0.3 is 10.1 Å². The van der Waals surface area contributed by atoms with Crippen LogP contribution in [0.4, 0.5) is 5.69 Å². The summed E-state index contributed by atoms with van der Waals surface area (Å²) >= 11 is 14.9. The fourth-order valence-electron chi connectivity index (χ4n) is 1.61.